The number of thiophene rings is 1. The van der Waals surface area contributed by atoms with Gasteiger partial charge in [-0.2, -0.15) is 0 Å². The molecular weight excluding hydrogens is 237 g/mol. The second-order valence-electron chi connectivity index (χ2n) is 3.72. The molecular formula is C12H14FN3S. The van der Waals surface area contributed by atoms with Gasteiger partial charge in [0.1, 0.15) is 6.33 Å². The summed E-state index contributed by atoms with van der Waals surface area (Å²) < 4.78 is 13.9. The maximum Gasteiger partial charge on any atom is 0.186 e. The van der Waals surface area contributed by atoms with E-state index >= 15 is 0 Å². The predicted molar refractivity (Wildman–Crippen MR) is 67.7 cm³/mol. The van der Waals surface area contributed by atoms with Gasteiger partial charge in [-0.05, 0) is 24.8 Å². The van der Waals surface area contributed by atoms with E-state index in [-0.39, 0.29) is 17.7 Å². The SMILES string of the molecule is CCc1ncnc(NC(C)c2cccs2)c1F. The normalized spacial score (nSPS) is 12.4. The molecule has 0 radical (unpaired) electrons. The number of hydrogen-bond donors (Lipinski definition) is 1. The Kier molecular flexibility index (Phi) is 3.68. The quantitative estimate of drug-likeness (QED) is 0.904. The summed E-state index contributed by atoms with van der Waals surface area (Å²) in [5, 5.41) is 5.07. The average molecular weight is 251 g/mol. The fraction of sp³-hybridized carbons (Fsp3) is 0.333. The van der Waals surface area contributed by atoms with Gasteiger partial charge < -0.3 is 5.32 Å². The first-order chi connectivity index (χ1) is 8.22. The van der Waals surface area contributed by atoms with E-state index in [1.807, 2.05) is 31.4 Å². The first-order valence-corrected chi connectivity index (χ1v) is 6.39. The Morgan fingerprint density at radius 2 is 2.29 bits per heavy atom. The van der Waals surface area contributed by atoms with Crippen molar-refractivity contribution in [3.63, 3.8) is 0 Å². The Bertz CT molecular complexity index is 485. The second kappa shape index (κ2) is 5.23. The summed E-state index contributed by atoms with van der Waals surface area (Å²) >= 11 is 1.64. The van der Waals surface area contributed by atoms with Gasteiger partial charge in [-0.1, -0.05) is 13.0 Å². The van der Waals surface area contributed by atoms with Gasteiger partial charge in [0, 0.05) is 4.88 Å². The molecule has 0 aliphatic rings. The van der Waals surface area contributed by atoms with Crippen molar-refractivity contribution in [2.45, 2.75) is 26.3 Å². The summed E-state index contributed by atoms with van der Waals surface area (Å²) in [5.41, 5.74) is 0.445. The van der Waals surface area contributed by atoms with Crippen LogP contribution in [0.1, 0.15) is 30.5 Å². The number of aryl methyl sites for hydroxylation is 1. The molecule has 1 N–H and O–H groups in total. The van der Waals surface area contributed by atoms with E-state index in [1.165, 1.54) is 6.33 Å². The van der Waals surface area contributed by atoms with Gasteiger partial charge in [0.2, 0.25) is 0 Å². The molecule has 3 nitrogen and oxygen atoms in total. The number of rotatable bonds is 4. The molecule has 5 heteroatoms. The van der Waals surface area contributed by atoms with Crippen LogP contribution in [0.3, 0.4) is 0 Å². The standard InChI is InChI=1S/C12H14FN3S/c1-3-9-11(13)12(15-7-14-9)16-8(2)10-5-4-6-17-10/h4-8H,3H2,1-2H3,(H,14,15,16). The third-order valence-electron chi connectivity index (χ3n) is 2.52. The van der Waals surface area contributed by atoms with Crippen LogP contribution >= 0.6 is 11.3 Å². The molecule has 0 aromatic carbocycles. The highest BCUT2D eigenvalue weighted by molar-refractivity contribution is 7.10. The molecule has 2 rings (SSSR count). The van der Waals surface area contributed by atoms with Crippen LogP contribution in [-0.2, 0) is 6.42 Å². The van der Waals surface area contributed by atoms with Crippen LogP contribution in [-0.4, -0.2) is 9.97 Å². The third kappa shape index (κ3) is 2.61. The number of hydrogen-bond acceptors (Lipinski definition) is 4. The lowest BCUT2D eigenvalue weighted by Crippen LogP contribution is -2.10. The first kappa shape index (κ1) is 12.0. The topological polar surface area (TPSA) is 37.8 Å². The summed E-state index contributed by atoms with van der Waals surface area (Å²) in [7, 11) is 0. The van der Waals surface area contributed by atoms with E-state index < -0.39 is 0 Å². The zero-order chi connectivity index (χ0) is 12.3. The lowest BCUT2D eigenvalue weighted by molar-refractivity contribution is 0.594. The highest BCUT2D eigenvalue weighted by atomic mass is 32.1. The summed E-state index contributed by atoms with van der Waals surface area (Å²) in [5.74, 6) is -0.0730. The number of nitrogens with one attached hydrogen (secondary N) is 1. The molecule has 0 amide bonds. The van der Waals surface area contributed by atoms with Gasteiger partial charge in [-0.3, -0.25) is 0 Å². The number of halogens is 1. The van der Waals surface area contributed by atoms with E-state index in [0.717, 1.165) is 4.88 Å². The molecule has 17 heavy (non-hydrogen) atoms. The monoisotopic (exact) mass is 251 g/mol. The summed E-state index contributed by atoms with van der Waals surface area (Å²) in [6, 6.07) is 4.04. The smallest absolute Gasteiger partial charge is 0.186 e. The van der Waals surface area contributed by atoms with Crippen molar-refractivity contribution in [3.8, 4) is 0 Å². The van der Waals surface area contributed by atoms with Gasteiger partial charge >= 0.3 is 0 Å². The van der Waals surface area contributed by atoms with Crippen LogP contribution in [0.15, 0.2) is 23.8 Å². The highest BCUT2D eigenvalue weighted by Gasteiger charge is 2.13. The van der Waals surface area contributed by atoms with Crippen LogP contribution in [0.25, 0.3) is 0 Å². The predicted octanol–water partition coefficient (Wildman–Crippen LogP) is 3.41. The minimum absolute atomic E-state index is 0.0455. The average Bonchev–Trinajstić information content (AvgIpc) is 2.85. The largest absolute Gasteiger partial charge is 0.360 e. The fourth-order valence-electron chi connectivity index (χ4n) is 1.57. The summed E-state index contributed by atoms with van der Waals surface area (Å²) in [6.07, 6.45) is 1.96. The second-order valence-corrected chi connectivity index (χ2v) is 4.70. The van der Waals surface area contributed by atoms with Crippen molar-refractivity contribution in [1.29, 1.82) is 0 Å². The maximum absolute atomic E-state index is 13.9. The van der Waals surface area contributed by atoms with Crippen molar-refractivity contribution in [3.05, 3.63) is 40.2 Å². The lowest BCUT2D eigenvalue weighted by atomic mass is 10.2. The van der Waals surface area contributed by atoms with Crippen molar-refractivity contribution >= 4 is 17.2 Å². The molecule has 0 spiro atoms. The molecule has 0 bridgehead atoms. The van der Waals surface area contributed by atoms with Crippen molar-refractivity contribution in [2.75, 3.05) is 5.32 Å². The van der Waals surface area contributed by atoms with Crippen LogP contribution in [0.5, 0.6) is 0 Å². The number of nitrogens with zero attached hydrogens (tertiary/aromatic N) is 2. The van der Waals surface area contributed by atoms with Gasteiger partial charge in [-0.25, -0.2) is 14.4 Å². The third-order valence-corrected chi connectivity index (χ3v) is 3.57. The van der Waals surface area contributed by atoms with Crippen molar-refractivity contribution in [2.24, 2.45) is 0 Å². The molecule has 0 aliphatic heterocycles. The zero-order valence-corrected chi connectivity index (χ0v) is 10.6. The van der Waals surface area contributed by atoms with Crippen LogP contribution < -0.4 is 5.32 Å². The molecule has 2 aromatic heterocycles. The molecule has 0 saturated heterocycles. The van der Waals surface area contributed by atoms with E-state index in [2.05, 4.69) is 15.3 Å². The Morgan fingerprint density at radius 3 is 2.94 bits per heavy atom. The fourth-order valence-corrected chi connectivity index (χ4v) is 2.30. The lowest BCUT2D eigenvalue weighted by Gasteiger charge is -2.13. The Hall–Kier alpha value is -1.49. The van der Waals surface area contributed by atoms with E-state index in [0.29, 0.717) is 12.1 Å². The first-order valence-electron chi connectivity index (χ1n) is 5.51. The molecule has 2 aromatic rings. The van der Waals surface area contributed by atoms with Crippen LogP contribution in [0, 0.1) is 5.82 Å². The maximum atomic E-state index is 13.9. The van der Waals surface area contributed by atoms with Crippen LogP contribution in [0.4, 0.5) is 10.2 Å². The van der Waals surface area contributed by atoms with E-state index in [1.54, 1.807) is 11.3 Å². The van der Waals surface area contributed by atoms with E-state index in [4.69, 9.17) is 0 Å². The molecule has 90 valence electrons. The molecule has 0 aliphatic carbocycles. The van der Waals surface area contributed by atoms with Gasteiger partial charge in [-0.15, -0.1) is 11.3 Å². The zero-order valence-electron chi connectivity index (χ0n) is 9.77. The molecule has 0 saturated carbocycles. The molecule has 1 unspecified atom stereocenters. The summed E-state index contributed by atoms with van der Waals surface area (Å²) in [4.78, 5) is 9.00. The van der Waals surface area contributed by atoms with Gasteiger partial charge in [0.05, 0.1) is 11.7 Å². The van der Waals surface area contributed by atoms with Crippen molar-refractivity contribution in [1.82, 2.24) is 9.97 Å². The van der Waals surface area contributed by atoms with Crippen molar-refractivity contribution < 1.29 is 4.39 Å². The minimum Gasteiger partial charge on any atom is -0.360 e. The van der Waals surface area contributed by atoms with Gasteiger partial charge in [0.15, 0.2) is 11.6 Å². The highest BCUT2D eigenvalue weighted by Crippen LogP contribution is 2.23. The number of anilines is 1. The number of aromatic nitrogens is 2. The molecule has 1 atom stereocenters. The Balaban J connectivity index is 2.19. The summed E-state index contributed by atoms with van der Waals surface area (Å²) in [6.45, 7) is 3.86. The Morgan fingerprint density at radius 1 is 1.47 bits per heavy atom. The molecule has 2 heterocycles. The Labute approximate surface area is 104 Å². The van der Waals surface area contributed by atoms with E-state index in [9.17, 15) is 4.39 Å². The molecule has 0 fully saturated rings. The minimum atomic E-state index is -0.349. The van der Waals surface area contributed by atoms with Gasteiger partial charge in [0.25, 0.3) is 0 Å². The van der Waals surface area contributed by atoms with Crippen LogP contribution in [0.2, 0.25) is 0 Å².